The van der Waals surface area contributed by atoms with Gasteiger partial charge in [-0.05, 0) is 75.8 Å². The summed E-state index contributed by atoms with van der Waals surface area (Å²) in [4.78, 5) is 51.4. The number of pyridine rings is 2. The lowest BCUT2D eigenvalue weighted by Gasteiger charge is -2.41. The van der Waals surface area contributed by atoms with Crippen molar-refractivity contribution in [3.8, 4) is 0 Å². The van der Waals surface area contributed by atoms with E-state index in [2.05, 4.69) is 25.9 Å². The molecule has 0 bridgehead atoms. The summed E-state index contributed by atoms with van der Waals surface area (Å²) in [6, 6.07) is 22.4. The lowest BCUT2D eigenvalue weighted by Crippen LogP contribution is -2.60. The molecule has 12 nitrogen and oxygen atoms in total. The van der Waals surface area contributed by atoms with Crippen LogP contribution in [0, 0.1) is 5.92 Å². The highest BCUT2D eigenvalue weighted by molar-refractivity contribution is 7.92. The predicted octanol–water partition coefficient (Wildman–Crippen LogP) is 3.69. The van der Waals surface area contributed by atoms with Gasteiger partial charge in [0.15, 0.2) is 14.9 Å². The van der Waals surface area contributed by atoms with E-state index in [0.29, 0.717) is 5.52 Å². The molecule has 4 N–H and O–H groups in total. The van der Waals surface area contributed by atoms with Crippen LogP contribution in [0.3, 0.4) is 0 Å². The Hall–Kier alpha value is -4.72. The molecular weight excluding hydrogens is 693 g/mol. The number of amides is 3. The number of para-hydroxylation sites is 1. The maximum Gasteiger partial charge on any atom is 0.270 e. The molecule has 5 rings (SSSR count). The number of carbonyl (C=O) groups is 3. The van der Waals surface area contributed by atoms with E-state index in [0.717, 1.165) is 10.9 Å². The summed E-state index contributed by atoms with van der Waals surface area (Å²) in [7, 11) is -3.83. The molecule has 13 heteroatoms. The fourth-order valence-corrected chi connectivity index (χ4v) is 8.30. The molecule has 2 aromatic carbocycles. The maximum absolute atomic E-state index is 14.0. The maximum atomic E-state index is 14.0. The van der Waals surface area contributed by atoms with E-state index >= 15 is 0 Å². The highest BCUT2D eigenvalue weighted by Crippen LogP contribution is 2.28. The predicted molar refractivity (Wildman–Crippen MR) is 204 cm³/mol. The van der Waals surface area contributed by atoms with Crippen LogP contribution in [0.15, 0.2) is 96.2 Å². The van der Waals surface area contributed by atoms with E-state index < -0.39 is 56.7 Å². The summed E-state index contributed by atoms with van der Waals surface area (Å²) < 4.78 is 27.2. The number of fused-ring (bicyclic) bond motifs is 1. The third kappa shape index (κ3) is 10.2. The number of aliphatic hydroxyl groups excluding tert-OH is 1. The monoisotopic (exact) mass is 742 g/mol. The number of carbonyl (C=O) groups excluding carboxylic acids is 3. The molecule has 282 valence electrons. The van der Waals surface area contributed by atoms with E-state index in [1.165, 1.54) is 12.3 Å². The van der Waals surface area contributed by atoms with Crippen LogP contribution in [-0.4, -0.2) is 94.2 Å². The van der Waals surface area contributed by atoms with Gasteiger partial charge in [0, 0.05) is 30.2 Å². The van der Waals surface area contributed by atoms with Gasteiger partial charge in [-0.15, -0.1) is 0 Å². The van der Waals surface area contributed by atoms with Crippen molar-refractivity contribution in [2.24, 2.45) is 5.92 Å². The van der Waals surface area contributed by atoms with E-state index in [-0.39, 0.29) is 54.9 Å². The molecule has 0 saturated carbocycles. The van der Waals surface area contributed by atoms with Crippen LogP contribution in [0.2, 0.25) is 0 Å². The molecule has 0 spiro atoms. The topological polar surface area (TPSA) is 171 Å². The lowest BCUT2D eigenvalue weighted by molar-refractivity contribution is -0.130. The van der Waals surface area contributed by atoms with Gasteiger partial charge >= 0.3 is 0 Å². The average Bonchev–Trinajstić information content (AvgIpc) is 3.13. The molecule has 3 amide bonds. The van der Waals surface area contributed by atoms with Crippen LogP contribution in [0.4, 0.5) is 0 Å². The number of nitrogens with zero attached hydrogens (tertiary/aromatic N) is 3. The number of rotatable bonds is 13. The van der Waals surface area contributed by atoms with Gasteiger partial charge in [-0.25, -0.2) is 18.4 Å². The number of aromatic nitrogens is 2. The molecule has 1 saturated heterocycles. The van der Waals surface area contributed by atoms with Crippen molar-refractivity contribution in [3.05, 3.63) is 102 Å². The number of hydrogen-bond donors (Lipinski definition) is 4. The van der Waals surface area contributed by atoms with Crippen LogP contribution < -0.4 is 16.0 Å². The SMILES string of the molecule is CC(C)[C@H](NC(=O)c1ccc2ccccc2n1)C(=O)N[C@@H](Cc1ccccc1)[C@H](O)CN1CC[C@@H](S(=O)(=O)c2ccccn2)CC1C(=O)NC(C)(C)C. The van der Waals surface area contributed by atoms with Gasteiger partial charge in [-0.1, -0.05) is 74.5 Å². The second kappa shape index (κ2) is 17.0. The first kappa shape index (κ1) is 39.5. The zero-order chi connectivity index (χ0) is 38.3. The molecule has 1 unspecified atom stereocenters. The average molecular weight is 743 g/mol. The molecular formula is C40H50N6O6S. The summed E-state index contributed by atoms with van der Waals surface area (Å²) >= 11 is 0. The quantitative estimate of drug-likeness (QED) is 0.160. The summed E-state index contributed by atoms with van der Waals surface area (Å²) in [6.45, 7) is 9.38. The number of aliphatic hydroxyl groups is 1. The molecule has 1 aliphatic rings. The third-order valence-corrected chi connectivity index (χ3v) is 11.5. The van der Waals surface area contributed by atoms with E-state index in [9.17, 15) is 27.9 Å². The van der Waals surface area contributed by atoms with Crippen molar-refractivity contribution < 1.29 is 27.9 Å². The number of β-amino-alcohol motifs (C(OH)–C–C–N with tert-alkyl or cyclic N) is 1. The first-order valence-electron chi connectivity index (χ1n) is 18.0. The Balaban J connectivity index is 1.36. The summed E-state index contributed by atoms with van der Waals surface area (Å²) in [5.74, 6) is -1.63. The molecule has 0 radical (unpaired) electrons. The van der Waals surface area contributed by atoms with Gasteiger partial charge in [-0.3, -0.25) is 19.3 Å². The van der Waals surface area contributed by atoms with Crippen molar-refractivity contribution in [1.29, 1.82) is 0 Å². The van der Waals surface area contributed by atoms with Gasteiger partial charge in [0.05, 0.1) is 29.0 Å². The molecule has 1 fully saturated rings. The van der Waals surface area contributed by atoms with Gasteiger partial charge in [0.2, 0.25) is 11.8 Å². The Kier molecular flexibility index (Phi) is 12.6. The number of piperidine rings is 1. The molecule has 0 aliphatic carbocycles. The standard InChI is InChI=1S/C40H50N6O6S/c1-26(2)36(44-37(48)31-19-18-28-15-9-10-16-30(28)42-31)39(50)43-32(23-27-13-7-6-8-14-27)34(47)25-46-22-20-29(24-33(46)38(49)45-40(3,4)5)53(51,52)35-17-11-12-21-41-35/h6-19,21,26,29,32-34,36,47H,20,22-25H2,1-5H3,(H,43,50)(H,44,48)(H,45,49)/t29-,32+,33?,34-,36+/m1/s1. The molecule has 1 aliphatic heterocycles. The second-order valence-electron chi connectivity index (χ2n) is 15.1. The van der Waals surface area contributed by atoms with Crippen molar-refractivity contribution in [2.45, 2.75) is 93.9 Å². The zero-order valence-corrected chi connectivity index (χ0v) is 31.7. The molecule has 3 heterocycles. The largest absolute Gasteiger partial charge is 0.390 e. The van der Waals surface area contributed by atoms with Crippen LogP contribution in [0.5, 0.6) is 0 Å². The van der Waals surface area contributed by atoms with Crippen LogP contribution in [0.1, 0.15) is 63.5 Å². The minimum Gasteiger partial charge on any atom is -0.390 e. The first-order chi connectivity index (χ1) is 25.1. The van der Waals surface area contributed by atoms with Crippen molar-refractivity contribution >= 4 is 38.5 Å². The first-order valence-corrected chi connectivity index (χ1v) is 19.6. The Morgan fingerprint density at radius 2 is 1.62 bits per heavy atom. The van der Waals surface area contributed by atoms with Crippen molar-refractivity contribution in [3.63, 3.8) is 0 Å². The number of sulfone groups is 1. The number of likely N-dealkylation sites (tertiary alicyclic amines) is 1. The number of benzene rings is 2. The molecule has 4 aromatic rings. The Morgan fingerprint density at radius 3 is 2.30 bits per heavy atom. The van der Waals surface area contributed by atoms with Gasteiger partial charge < -0.3 is 21.1 Å². The summed E-state index contributed by atoms with van der Waals surface area (Å²) in [5, 5.41) is 20.7. The van der Waals surface area contributed by atoms with E-state index in [4.69, 9.17) is 0 Å². The smallest absolute Gasteiger partial charge is 0.270 e. The highest BCUT2D eigenvalue weighted by Gasteiger charge is 2.42. The van der Waals surface area contributed by atoms with Crippen molar-refractivity contribution in [2.75, 3.05) is 13.1 Å². The Morgan fingerprint density at radius 1 is 0.925 bits per heavy atom. The van der Waals surface area contributed by atoms with E-state index in [1.54, 1.807) is 29.2 Å². The minimum absolute atomic E-state index is 0.00746. The van der Waals surface area contributed by atoms with Crippen LogP contribution in [0.25, 0.3) is 10.9 Å². The normalized spacial score (nSPS) is 18.5. The van der Waals surface area contributed by atoms with Crippen molar-refractivity contribution in [1.82, 2.24) is 30.8 Å². The fourth-order valence-electron chi connectivity index (χ4n) is 6.63. The summed E-state index contributed by atoms with van der Waals surface area (Å²) in [6.07, 6.45) is 0.762. The Labute approximate surface area is 311 Å². The van der Waals surface area contributed by atoms with Gasteiger partial charge in [-0.2, -0.15) is 0 Å². The molecule has 2 aromatic heterocycles. The molecule has 5 atom stereocenters. The zero-order valence-electron chi connectivity index (χ0n) is 30.9. The minimum atomic E-state index is -3.83. The van der Waals surface area contributed by atoms with Crippen LogP contribution in [-0.2, 0) is 25.8 Å². The van der Waals surface area contributed by atoms with Gasteiger partial charge in [0.25, 0.3) is 5.91 Å². The highest BCUT2D eigenvalue weighted by atomic mass is 32.2. The second-order valence-corrected chi connectivity index (χ2v) is 17.2. The summed E-state index contributed by atoms with van der Waals surface area (Å²) in [5.41, 5.74) is 1.11. The lowest BCUT2D eigenvalue weighted by atomic mass is 9.95. The van der Waals surface area contributed by atoms with E-state index in [1.807, 2.05) is 89.2 Å². The number of nitrogens with one attached hydrogen (secondary N) is 3. The number of hydrogen-bond acceptors (Lipinski definition) is 9. The third-order valence-electron chi connectivity index (χ3n) is 9.41. The van der Waals surface area contributed by atoms with Gasteiger partial charge in [0.1, 0.15) is 11.7 Å². The Bertz CT molecular complexity index is 1990. The van der Waals surface area contributed by atoms with Crippen LogP contribution >= 0.6 is 0 Å². The fraction of sp³-hybridized carbons (Fsp3) is 0.425. The molecule has 53 heavy (non-hydrogen) atoms.